The second kappa shape index (κ2) is 6.09. The maximum atomic E-state index is 5.60. The summed E-state index contributed by atoms with van der Waals surface area (Å²) in [7, 11) is 0. The molecular weight excluding hydrogens is 228 g/mol. The van der Waals surface area contributed by atoms with Gasteiger partial charge in [0.1, 0.15) is 5.75 Å². The minimum absolute atomic E-state index is 0.195. The molecule has 0 fully saturated rings. The van der Waals surface area contributed by atoms with E-state index in [0.29, 0.717) is 6.61 Å². The fraction of sp³-hybridized carbons (Fsp3) is 0.231. The van der Waals surface area contributed by atoms with Crippen LogP contribution in [0.1, 0.15) is 24.2 Å². The van der Waals surface area contributed by atoms with E-state index >= 15 is 0 Å². The lowest BCUT2D eigenvalue weighted by Crippen LogP contribution is -2.29. The molecule has 0 saturated heterocycles. The van der Waals surface area contributed by atoms with Crippen molar-refractivity contribution in [3.8, 4) is 5.75 Å². The monoisotopic (exact) mass is 244 g/mol. The Labute approximate surface area is 106 Å². The van der Waals surface area contributed by atoms with Gasteiger partial charge in [0.15, 0.2) is 0 Å². The minimum atomic E-state index is -0.195. The number of benzene rings is 1. The van der Waals surface area contributed by atoms with Crippen LogP contribution < -0.4 is 16.0 Å². The molecule has 0 bridgehead atoms. The first-order valence-electron chi connectivity index (χ1n) is 5.80. The zero-order chi connectivity index (χ0) is 12.8. The quantitative estimate of drug-likeness (QED) is 0.615. The van der Waals surface area contributed by atoms with Crippen LogP contribution >= 0.6 is 0 Å². The number of aromatic nitrogens is 2. The maximum Gasteiger partial charge on any atom is 0.119 e. The summed E-state index contributed by atoms with van der Waals surface area (Å²) in [6, 6.07) is 7.57. The first-order chi connectivity index (χ1) is 8.85. The van der Waals surface area contributed by atoms with Gasteiger partial charge < -0.3 is 4.74 Å². The molecular formula is C13H16N4O. The van der Waals surface area contributed by atoms with Gasteiger partial charge in [-0.2, -0.15) is 0 Å². The van der Waals surface area contributed by atoms with Crippen molar-refractivity contribution in [1.82, 2.24) is 15.4 Å². The molecule has 0 aliphatic carbocycles. The van der Waals surface area contributed by atoms with Crippen molar-refractivity contribution in [2.24, 2.45) is 5.84 Å². The van der Waals surface area contributed by atoms with E-state index in [-0.39, 0.29) is 6.04 Å². The summed E-state index contributed by atoms with van der Waals surface area (Å²) < 4.78 is 5.47. The summed E-state index contributed by atoms with van der Waals surface area (Å²) in [5.41, 5.74) is 4.51. The molecule has 0 aliphatic heterocycles. The summed E-state index contributed by atoms with van der Waals surface area (Å²) in [6.45, 7) is 2.59. The highest BCUT2D eigenvalue weighted by atomic mass is 16.5. The third-order valence-corrected chi connectivity index (χ3v) is 2.55. The van der Waals surface area contributed by atoms with Crippen LogP contribution in [0.4, 0.5) is 0 Å². The van der Waals surface area contributed by atoms with E-state index < -0.39 is 0 Å². The molecule has 1 aromatic heterocycles. The average Bonchev–Trinajstić information content (AvgIpc) is 2.42. The van der Waals surface area contributed by atoms with Crippen molar-refractivity contribution in [2.45, 2.75) is 13.0 Å². The van der Waals surface area contributed by atoms with Gasteiger partial charge in [0, 0.05) is 12.4 Å². The Bertz CT molecular complexity index is 489. The van der Waals surface area contributed by atoms with Gasteiger partial charge in [0.25, 0.3) is 0 Å². The van der Waals surface area contributed by atoms with Crippen LogP contribution in [0.25, 0.3) is 0 Å². The highest BCUT2D eigenvalue weighted by Gasteiger charge is 2.14. The lowest BCUT2D eigenvalue weighted by Gasteiger charge is -2.16. The number of hydrogen-bond acceptors (Lipinski definition) is 5. The van der Waals surface area contributed by atoms with E-state index in [2.05, 4.69) is 15.4 Å². The molecule has 5 heteroatoms. The van der Waals surface area contributed by atoms with Gasteiger partial charge in [-0.15, -0.1) is 0 Å². The van der Waals surface area contributed by atoms with Crippen molar-refractivity contribution < 1.29 is 4.74 Å². The summed E-state index contributed by atoms with van der Waals surface area (Å²) in [5, 5.41) is 0. The molecule has 18 heavy (non-hydrogen) atoms. The van der Waals surface area contributed by atoms with Crippen LogP contribution in [0.15, 0.2) is 42.9 Å². The van der Waals surface area contributed by atoms with E-state index in [0.717, 1.165) is 17.0 Å². The zero-order valence-corrected chi connectivity index (χ0v) is 10.2. The molecule has 0 radical (unpaired) electrons. The van der Waals surface area contributed by atoms with Crippen molar-refractivity contribution >= 4 is 0 Å². The normalized spacial score (nSPS) is 12.1. The predicted octanol–water partition coefficient (Wildman–Crippen LogP) is 1.43. The van der Waals surface area contributed by atoms with Gasteiger partial charge in [0.05, 0.1) is 24.5 Å². The summed E-state index contributed by atoms with van der Waals surface area (Å²) >= 11 is 0. The van der Waals surface area contributed by atoms with Crippen LogP contribution in [-0.2, 0) is 0 Å². The number of nitrogens with one attached hydrogen (secondary N) is 1. The van der Waals surface area contributed by atoms with Crippen LogP contribution in [0, 0.1) is 0 Å². The molecule has 2 rings (SSSR count). The summed E-state index contributed by atoms with van der Waals surface area (Å²) in [4.78, 5) is 8.30. The molecule has 1 atom stereocenters. The van der Waals surface area contributed by atoms with E-state index in [1.807, 2.05) is 31.2 Å². The van der Waals surface area contributed by atoms with Gasteiger partial charge in [-0.3, -0.25) is 15.8 Å². The Kier molecular flexibility index (Phi) is 4.22. The molecule has 1 aromatic carbocycles. The Balaban J connectivity index is 2.30. The molecule has 5 nitrogen and oxygen atoms in total. The van der Waals surface area contributed by atoms with Gasteiger partial charge in [-0.05, 0) is 24.6 Å². The maximum absolute atomic E-state index is 5.60. The lowest BCUT2D eigenvalue weighted by atomic mass is 10.0. The topological polar surface area (TPSA) is 73.1 Å². The first kappa shape index (κ1) is 12.5. The van der Waals surface area contributed by atoms with Crippen molar-refractivity contribution in [1.29, 1.82) is 0 Å². The number of nitrogens with zero attached hydrogens (tertiary/aromatic N) is 2. The molecule has 2 aromatic rings. The van der Waals surface area contributed by atoms with E-state index in [1.165, 1.54) is 0 Å². The smallest absolute Gasteiger partial charge is 0.119 e. The molecule has 0 spiro atoms. The van der Waals surface area contributed by atoms with E-state index in [9.17, 15) is 0 Å². The van der Waals surface area contributed by atoms with Crippen molar-refractivity contribution in [3.05, 3.63) is 54.1 Å². The van der Waals surface area contributed by atoms with Crippen molar-refractivity contribution in [3.63, 3.8) is 0 Å². The molecule has 1 heterocycles. The number of hydrazine groups is 1. The second-order valence-corrected chi connectivity index (χ2v) is 3.74. The zero-order valence-electron chi connectivity index (χ0n) is 10.2. The fourth-order valence-corrected chi connectivity index (χ4v) is 1.76. The van der Waals surface area contributed by atoms with Gasteiger partial charge in [-0.25, -0.2) is 5.43 Å². The summed E-state index contributed by atoms with van der Waals surface area (Å²) in [6.07, 6.45) is 4.97. The van der Waals surface area contributed by atoms with Crippen LogP contribution in [0.5, 0.6) is 5.75 Å². The standard InChI is InChI=1S/C13H16N4O/c1-2-18-11-5-3-4-10(8-11)13(17-14)12-9-15-6-7-16-12/h3-9,13,17H,2,14H2,1H3. The lowest BCUT2D eigenvalue weighted by molar-refractivity contribution is 0.339. The van der Waals surface area contributed by atoms with Crippen LogP contribution in [-0.4, -0.2) is 16.6 Å². The Morgan fingerprint density at radius 3 is 2.94 bits per heavy atom. The molecule has 3 N–H and O–H groups in total. The number of nitrogens with two attached hydrogens (primary N) is 1. The predicted molar refractivity (Wildman–Crippen MR) is 68.8 cm³/mol. The minimum Gasteiger partial charge on any atom is -0.494 e. The highest BCUT2D eigenvalue weighted by Crippen LogP contribution is 2.22. The average molecular weight is 244 g/mol. The number of rotatable bonds is 5. The third kappa shape index (κ3) is 2.82. The largest absolute Gasteiger partial charge is 0.494 e. The highest BCUT2D eigenvalue weighted by molar-refractivity contribution is 5.34. The van der Waals surface area contributed by atoms with E-state index in [4.69, 9.17) is 10.6 Å². The Morgan fingerprint density at radius 2 is 2.28 bits per heavy atom. The molecule has 0 saturated carbocycles. The molecule has 94 valence electrons. The van der Waals surface area contributed by atoms with Gasteiger partial charge in [-0.1, -0.05) is 12.1 Å². The second-order valence-electron chi connectivity index (χ2n) is 3.74. The number of hydrogen-bond donors (Lipinski definition) is 2. The first-order valence-corrected chi connectivity index (χ1v) is 5.80. The van der Waals surface area contributed by atoms with Crippen molar-refractivity contribution in [2.75, 3.05) is 6.61 Å². The van der Waals surface area contributed by atoms with Crippen LogP contribution in [0.3, 0.4) is 0 Å². The number of ether oxygens (including phenoxy) is 1. The summed E-state index contributed by atoms with van der Waals surface area (Å²) in [5.74, 6) is 6.42. The van der Waals surface area contributed by atoms with Crippen LogP contribution in [0.2, 0.25) is 0 Å². The fourth-order valence-electron chi connectivity index (χ4n) is 1.76. The molecule has 1 unspecified atom stereocenters. The third-order valence-electron chi connectivity index (χ3n) is 2.55. The SMILES string of the molecule is CCOc1cccc(C(NN)c2cnccn2)c1. The Morgan fingerprint density at radius 1 is 1.39 bits per heavy atom. The Hall–Kier alpha value is -1.98. The van der Waals surface area contributed by atoms with Gasteiger partial charge >= 0.3 is 0 Å². The molecule has 0 aliphatic rings. The van der Waals surface area contributed by atoms with E-state index in [1.54, 1.807) is 18.6 Å². The molecule has 0 amide bonds. The van der Waals surface area contributed by atoms with Gasteiger partial charge in [0.2, 0.25) is 0 Å².